The second-order valence-corrected chi connectivity index (χ2v) is 8.01. The van der Waals surface area contributed by atoms with E-state index < -0.39 is 10.8 Å². The minimum atomic E-state index is -1.36. The second-order valence-electron chi connectivity index (χ2n) is 6.15. The number of benzene rings is 2. The lowest BCUT2D eigenvalue weighted by Crippen LogP contribution is -2.21. The van der Waals surface area contributed by atoms with Crippen LogP contribution in [0.1, 0.15) is 16.7 Å². The van der Waals surface area contributed by atoms with E-state index in [0.717, 1.165) is 22.4 Å². The Morgan fingerprint density at radius 1 is 1.19 bits per heavy atom. The largest absolute Gasteiger partial charge is 0.486 e. The van der Waals surface area contributed by atoms with Gasteiger partial charge in [-0.05, 0) is 42.7 Å². The van der Waals surface area contributed by atoms with Crippen molar-refractivity contribution in [1.29, 1.82) is 0 Å². The van der Waals surface area contributed by atoms with E-state index in [-0.39, 0.29) is 17.4 Å². The lowest BCUT2D eigenvalue weighted by Gasteiger charge is -2.20. The van der Waals surface area contributed by atoms with Gasteiger partial charge in [0, 0.05) is 22.2 Å². The smallest absolute Gasteiger partial charge is 0.237 e. The molecule has 0 aromatic heterocycles. The first-order chi connectivity index (χ1) is 12.4. The SMILES string of the molecule is Cc1cccc(C)c1NC(=O)C[S@@](=O)Cc1cc(Cl)c2c(c1)OCCO2. The zero-order valence-electron chi connectivity index (χ0n) is 14.6. The number of ether oxygens (including phenoxy) is 2. The monoisotopic (exact) mass is 393 g/mol. The number of carbonyl (C=O) groups excluding carboxylic acids is 1. The summed E-state index contributed by atoms with van der Waals surface area (Å²) in [5.41, 5.74) is 3.47. The standard InChI is InChI=1S/C19H20ClNO4S/c1-12-4-3-5-13(2)18(12)21-17(22)11-26(23)10-14-8-15(20)19-16(9-14)24-6-7-25-19/h3-5,8-9H,6-7,10-11H2,1-2H3,(H,21,22)/t26-/m0/s1. The Morgan fingerprint density at radius 2 is 1.88 bits per heavy atom. The van der Waals surface area contributed by atoms with E-state index >= 15 is 0 Å². The number of fused-ring (bicyclic) bond motifs is 1. The van der Waals surface area contributed by atoms with E-state index in [1.807, 2.05) is 32.0 Å². The van der Waals surface area contributed by atoms with Crippen molar-refractivity contribution in [2.75, 3.05) is 24.3 Å². The molecular weight excluding hydrogens is 374 g/mol. The maximum absolute atomic E-state index is 12.4. The predicted octanol–water partition coefficient (Wildman–Crippen LogP) is 3.62. The van der Waals surface area contributed by atoms with Crippen LogP contribution in [-0.2, 0) is 21.3 Å². The van der Waals surface area contributed by atoms with Crippen LogP contribution in [0.25, 0.3) is 0 Å². The first kappa shape index (κ1) is 18.7. The third-order valence-electron chi connectivity index (χ3n) is 4.02. The molecule has 1 heterocycles. The van der Waals surface area contributed by atoms with Crippen molar-refractivity contribution in [3.63, 3.8) is 0 Å². The summed E-state index contributed by atoms with van der Waals surface area (Å²) >= 11 is 6.20. The molecule has 3 rings (SSSR count). The van der Waals surface area contributed by atoms with Crippen molar-refractivity contribution < 1.29 is 18.5 Å². The predicted molar refractivity (Wildman–Crippen MR) is 104 cm³/mol. The Balaban J connectivity index is 1.64. The fourth-order valence-corrected chi connectivity index (χ4v) is 4.11. The normalized spacial score (nSPS) is 14.0. The zero-order chi connectivity index (χ0) is 18.7. The molecule has 26 heavy (non-hydrogen) atoms. The van der Waals surface area contributed by atoms with Crippen LogP contribution in [0.5, 0.6) is 11.5 Å². The molecular formula is C19H20ClNO4S. The summed E-state index contributed by atoms with van der Waals surface area (Å²) in [6.07, 6.45) is 0. The van der Waals surface area contributed by atoms with Crippen molar-refractivity contribution in [3.05, 3.63) is 52.0 Å². The van der Waals surface area contributed by atoms with Crippen LogP contribution in [0.15, 0.2) is 30.3 Å². The number of amides is 1. The number of carbonyl (C=O) groups is 1. The van der Waals surface area contributed by atoms with Gasteiger partial charge in [-0.1, -0.05) is 29.8 Å². The Hall–Kier alpha value is -2.05. The van der Waals surface area contributed by atoms with Crippen LogP contribution in [0, 0.1) is 13.8 Å². The maximum Gasteiger partial charge on any atom is 0.237 e. The first-order valence-electron chi connectivity index (χ1n) is 8.23. The van der Waals surface area contributed by atoms with Gasteiger partial charge in [0.1, 0.15) is 19.0 Å². The highest BCUT2D eigenvalue weighted by molar-refractivity contribution is 7.84. The molecule has 1 atom stereocenters. The van der Waals surface area contributed by atoms with Crippen LogP contribution >= 0.6 is 11.6 Å². The molecule has 138 valence electrons. The summed E-state index contributed by atoms with van der Waals surface area (Å²) in [6, 6.07) is 9.26. The molecule has 0 aliphatic carbocycles. The van der Waals surface area contributed by atoms with Gasteiger partial charge in [-0.15, -0.1) is 0 Å². The molecule has 1 aliphatic heterocycles. The van der Waals surface area contributed by atoms with E-state index in [1.165, 1.54) is 0 Å². The molecule has 0 bridgehead atoms. The highest BCUT2D eigenvalue weighted by Crippen LogP contribution is 2.38. The number of hydrogen-bond acceptors (Lipinski definition) is 4. The van der Waals surface area contributed by atoms with Crippen molar-refractivity contribution in [2.24, 2.45) is 0 Å². The maximum atomic E-state index is 12.4. The molecule has 2 aromatic rings. The Kier molecular flexibility index (Phi) is 5.84. The molecule has 5 nitrogen and oxygen atoms in total. The van der Waals surface area contributed by atoms with Gasteiger partial charge in [0.05, 0.1) is 5.02 Å². The zero-order valence-corrected chi connectivity index (χ0v) is 16.2. The van der Waals surface area contributed by atoms with Crippen molar-refractivity contribution in [2.45, 2.75) is 19.6 Å². The van der Waals surface area contributed by atoms with Gasteiger partial charge in [0.2, 0.25) is 5.91 Å². The summed E-state index contributed by atoms with van der Waals surface area (Å²) in [7, 11) is -1.36. The van der Waals surface area contributed by atoms with Gasteiger partial charge in [-0.3, -0.25) is 9.00 Å². The highest BCUT2D eigenvalue weighted by Gasteiger charge is 2.18. The Labute approximate surface area is 160 Å². The first-order valence-corrected chi connectivity index (χ1v) is 10.1. The third-order valence-corrected chi connectivity index (χ3v) is 5.54. The van der Waals surface area contributed by atoms with Crippen LogP contribution in [0.3, 0.4) is 0 Å². The molecule has 0 unspecified atom stereocenters. The summed E-state index contributed by atoms with van der Waals surface area (Å²) in [5, 5.41) is 3.28. The molecule has 1 aliphatic rings. The van der Waals surface area contributed by atoms with Gasteiger partial charge in [-0.25, -0.2) is 0 Å². The highest BCUT2D eigenvalue weighted by atomic mass is 35.5. The number of anilines is 1. The van der Waals surface area contributed by atoms with Gasteiger partial charge >= 0.3 is 0 Å². The molecule has 2 aromatic carbocycles. The number of hydrogen-bond donors (Lipinski definition) is 1. The minimum Gasteiger partial charge on any atom is -0.486 e. The lowest BCUT2D eigenvalue weighted by atomic mass is 10.1. The number of para-hydroxylation sites is 1. The van der Waals surface area contributed by atoms with Gasteiger partial charge in [0.15, 0.2) is 11.5 Å². The lowest BCUT2D eigenvalue weighted by molar-refractivity contribution is -0.113. The second kappa shape index (κ2) is 8.10. The molecule has 7 heteroatoms. The fraction of sp³-hybridized carbons (Fsp3) is 0.316. The number of rotatable bonds is 5. The van der Waals surface area contributed by atoms with Crippen molar-refractivity contribution in [1.82, 2.24) is 0 Å². The molecule has 1 N–H and O–H groups in total. The molecule has 0 radical (unpaired) electrons. The molecule has 0 spiro atoms. The van der Waals surface area contributed by atoms with E-state index in [4.69, 9.17) is 21.1 Å². The molecule has 0 saturated heterocycles. The number of aryl methyl sites for hydroxylation is 2. The van der Waals surface area contributed by atoms with Crippen molar-refractivity contribution >= 4 is 34.0 Å². The molecule has 0 fully saturated rings. The van der Waals surface area contributed by atoms with Crippen molar-refractivity contribution in [3.8, 4) is 11.5 Å². The Bertz CT molecular complexity index is 849. The summed E-state index contributed by atoms with van der Waals surface area (Å²) < 4.78 is 23.4. The third kappa shape index (κ3) is 4.37. The van der Waals surface area contributed by atoms with Gasteiger partial charge in [0.25, 0.3) is 0 Å². The van der Waals surface area contributed by atoms with E-state index in [2.05, 4.69) is 5.32 Å². The Morgan fingerprint density at radius 3 is 2.62 bits per heavy atom. The van der Waals surface area contributed by atoms with Crippen LogP contribution < -0.4 is 14.8 Å². The average molecular weight is 394 g/mol. The fourth-order valence-electron chi connectivity index (χ4n) is 2.82. The average Bonchev–Trinajstić information content (AvgIpc) is 2.58. The molecule has 1 amide bonds. The quantitative estimate of drug-likeness (QED) is 0.842. The number of nitrogens with one attached hydrogen (secondary N) is 1. The van der Waals surface area contributed by atoms with E-state index in [9.17, 15) is 9.00 Å². The molecule has 0 saturated carbocycles. The van der Waals surface area contributed by atoms with Crippen LogP contribution in [-0.4, -0.2) is 29.1 Å². The van der Waals surface area contributed by atoms with E-state index in [0.29, 0.717) is 29.7 Å². The van der Waals surface area contributed by atoms with E-state index in [1.54, 1.807) is 12.1 Å². The van der Waals surface area contributed by atoms with Crippen LogP contribution in [0.2, 0.25) is 5.02 Å². The van der Waals surface area contributed by atoms with Gasteiger partial charge in [-0.2, -0.15) is 0 Å². The summed E-state index contributed by atoms with van der Waals surface area (Å²) in [6.45, 7) is 4.76. The summed E-state index contributed by atoms with van der Waals surface area (Å²) in [4.78, 5) is 12.2. The number of halogens is 1. The van der Waals surface area contributed by atoms with Crippen LogP contribution in [0.4, 0.5) is 5.69 Å². The topological polar surface area (TPSA) is 64.6 Å². The van der Waals surface area contributed by atoms with Gasteiger partial charge < -0.3 is 14.8 Å². The summed E-state index contributed by atoms with van der Waals surface area (Å²) in [5.74, 6) is 0.927. The minimum absolute atomic E-state index is 0.0835.